The molecule has 1 amide bonds. The topological polar surface area (TPSA) is 108 Å². The maximum atomic E-state index is 12.5. The van der Waals surface area contributed by atoms with Gasteiger partial charge in [0.05, 0.1) is 16.5 Å². The first kappa shape index (κ1) is 28.3. The Balaban J connectivity index is 1.27. The zero-order chi connectivity index (χ0) is 29.0. The number of amides is 1. The molecule has 11 nitrogen and oxygen atoms in total. The molecule has 1 saturated heterocycles. The van der Waals surface area contributed by atoms with Gasteiger partial charge in [-0.2, -0.15) is 5.10 Å². The van der Waals surface area contributed by atoms with Crippen molar-refractivity contribution < 1.29 is 14.3 Å². The van der Waals surface area contributed by atoms with E-state index in [1.54, 1.807) is 11.1 Å². The molecule has 0 unspecified atom stereocenters. The molecule has 41 heavy (non-hydrogen) atoms. The molecule has 2 aromatic heterocycles. The molecule has 0 spiro atoms. The van der Waals surface area contributed by atoms with Gasteiger partial charge >= 0.3 is 6.09 Å². The fourth-order valence-electron chi connectivity index (χ4n) is 4.35. The third-order valence-corrected chi connectivity index (χ3v) is 6.87. The number of nitrogens with one attached hydrogen (secondary N) is 1. The van der Waals surface area contributed by atoms with E-state index in [-0.39, 0.29) is 6.09 Å². The van der Waals surface area contributed by atoms with E-state index in [2.05, 4.69) is 41.2 Å². The van der Waals surface area contributed by atoms with Crippen LogP contribution in [0.2, 0.25) is 0 Å². The van der Waals surface area contributed by atoms with Gasteiger partial charge in [-0.15, -0.1) is 0 Å². The molecule has 0 radical (unpaired) electrons. The van der Waals surface area contributed by atoms with E-state index in [0.29, 0.717) is 49.6 Å². The van der Waals surface area contributed by atoms with Crippen molar-refractivity contribution in [2.75, 3.05) is 42.9 Å². The Bertz CT molecular complexity index is 1490. The third-order valence-electron chi connectivity index (χ3n) is 6.28. The number of carbonyl (C=O) groups excluding carboxylic acids is 1. The molecule has 0 atom stereocenters. The first-order valence-electron chi connectivity index (χ1n) is 13.4. The number of benzene rings is 1. The van der Waals surface area contributed by atoms with Crippen LogP contribution in [-0.4, -0.2) is 75.5 Å². The number of carbonyl (C=O) groups is 1. The summed E-state index contributed by atoms with van der Waals surface area (Å²) in [6, 6.07) is 9.60. The van der Waals surface area contributed by atoms with Gasteiger partial charge in [-0.25, -0.2) is 19.7 Å². The van der Waals surface area contributed by atoms with Gasteiger partial charge in [0.1, 0.15) is 34.8 Å². The van der Waals surface area contributed by atoms with Gasteiger partial charge in [0.2, 0.25) is 0 Å². The van der Waals surface area contributed by atoms with Crippen molar-refractivity contribution in [2.45, 2.75) is 33.3 Å². The Morgan fingerprint density at radius 2 is 1.88 bits per heavy atom. The van der Waals surface area contributed by atoms with Gasteiger partial charge in [-0.05, 0) is 86.1 Å². The fourth-order valence-corrected chi connectivity index (χ4v) is 4.91. The molecule has 214 valence electrons. The van der Waals surface area contributed by atoms with Gasteiger partial charge in [0, 0.05) is 44.3 Å². The maximum Gasteiger partial charge on any atom is 0.410 e. The number of hydrazone groups is 1. The van der Waals surface area contributed by atoms with Crippen LogP contribution in [0.5, 0.6) is 5.75 Å². The SMILES string of the molecule is C/C=N\N1C=CC(Oc2ccc(Nc3ncnc4cc(Br)c(N5CCN(C(=O)OC(C)(C)C)CC5)nc34)cc2)=CC1. The molecule has 5 rings (SSSR count). The second kappa shape index (κ2) is 12.1. The Morgan fingerprint density at radius 1 is 1.12 bits per heavy atom. The van der Waals surface area contributed by atoms with Crippen LogP contribution in [0.15, 0.2) is 70.3 Å². The van der Waals surface area contributed by atoms with E-state index >= 15 is 0 Å². The number of hydrogen-bond acceptors (Lipinski definition) is 10. The number of anilines is 3. The number of aromatic nitrogens is 3. The number of fused-ring (bicyclic) bond motifs is 1. The van der Waals surface area contributed by atoms with Gasteiger partial charge in [-0.1, -0.05) is 0 Å². The minimum absolute atomic E-state index is 0.292. The maximum absolute atomic E-state index is 12.5. The highest BCUT2D eigenvalue weighted by atomic mass is 79.9. The third kappa shape index (κ3) is 7.12. The lowest BCUT2D eigenvalue weighted by Crippen LogP contribution is -2.50. The molecule has 1 N–H and O–H groups in total. The van der Waals surface area contributed by atoms with Crippen molar-refractivity contribution in [3.05, 3.63) is 65.2 Å². The summed E-state index contributed by atoms with van der Waals surface area (Å²) in [6.07, 6.45) is 8.72. The number of nitrogens with zero attached hydrogens (tertiary/aromatic N) is 7. The highest BCUT2D eigenvalue weighted by Gasteiger charge is 2.27. The largest absolute Gasteiger partial charge is 0.458 e. The lowest BCUT2D eigenvalue weighted by Gasteiger charge is -2.36. The Kier molecular flexibility index (Phi) is 8.39. The summed E-state index contributed by atoms with van der Waals surface area (Å²) in [5.41, 5.74) is 1.68. The molecule has 4 heterocycles. The monoisotopic (exact) mass is 620 g/mol. The highest BCUT2D eigenvalue weighted by Crippen LogP contribution is 2.32. The average molecular weight is 622 g/mol. The molecule has 2 aliphatic heterocycles. The number of pyridine rings is 1. The molecule has 3 aromatic rings. The quantitative estimate of drug-likeness (QED) is 0.348. The summed E-state index contributed by atoms with van der Waals surface area (Å²) in [5.74, 6) is 2.87. The van der Waals surface area contributed by atoms with Crippen molar-refractivity contribution in [1.29, 1.82) is 0 Å². The molecular weight excluding hydrogens is 588 g/mol. The van der Waals surface area contributed by atoms with E-state index in [1.165, 1.54) is 6.33 Å². The number of hydrogen-bond donors (Lipinski definition) is 1. The van der Waals surface area contributed by atoms with Gasteiger partial charge < -0.3 is 24.6 Å². The van der Waals surface area contributed by atoms with Gasteiger partial charge in [0.25, 0.3) is 0 Å². The summed E-state index contributed by atoms with van der Waals surface area (Å²) in [5, 5.41) is 9.42. The van der Waals surface area contributed by atoms with Crippen LogP contribution in [-0.2, 0) is 4.74 Å². The fraction of sp³-hybridized carbons (Fsp3) is 0.345. The zero-order valence-electron chi connectivity index (χ0n) is 23.5. The number of allylic oxidation sites excluding steroid dienone is 1. The van der Waals surface area contributed by atoms with Crippen LogP contribution in [0.25, 0.3) is 11.0 Å². The molecular formula is C29H33BrN8O3. The number of ether oxygens (including phenoxy) is 2. The standard InChI is InChI=1S/C29H33BrN8O3/c1-5-33-38-12-10-22(11-13-38)40-21-8-6-20(7-9-21)34-26-25-24(31-19-32-26)18-23(30)27(35-25)36-14-16-37(17-15-36)28(39)41-29(2,3)4/h5-12,18-19H,13-17H2,1-4H3,(H,31,32,34)/b33-5-. The molecule has 1 fully saturated rings. The molecule has 12 heteroatoms. The predicted octanol–water partition coefficient (Wildman–Crippen LogP) is 5.69. The van der Waals surface area contributed by atoms with Crippen molar-refractivity contribution >= 4 is 56.6 Å². The van der Waals surface area contributed by atoms with E-state index in [9.17, 15) is 4.79 Å². The number of rotatable bonds is 6. The first-order valence-corrected chi connectivity index (χ1v) is 14.2. The zero-order valence-corrected chi connectivity index (χ0v) is 25.1. The highest BCUT2D eigenvalue weighted by molar-refractivity contribution is 9.10. The van der Waals surface area contributed by atoms with Gasteiger partial charge in [0.15, 0.2) is 5.82 Å². The van der Waals surface area contributed by atoms with Crippen molar-refractivity contribution in [3.8, 4) is 5.75 Å². The molecule has 1 aromatic carbocycles. The van der Waals surface area contributed by atoms with Crippen LogP contribution in [0.4, 0.5) is 22.1 Å². The smallest absolute Gasteiger partial charge is 0.410 e. The number of halogens is 1. The van der Waals surface area contributed by atoms with Crippen molar-refractivity contribution in [3.63, 3.8) is 0 Å². The van der Waals surface area contributed by atoms with E-state index in [1.807, 2.05) is 81.4 Å². The average Bonchev–Trinajstić information content (AvgIpc) is 2.94. The van der Waals surface area contributed by atoms with Crippen LogP contribution >= 0.6 is 15.9 Å². The lowest BCUT2D eigenvalue weighted by atomic mass is 10.2. The first-order chi connectivity index (χ1) is 19.7. The molecule has 2 aliphatic rings. The van der Waals surface area contributed by atoms with Crippen LogP contribution < -0.4 is 15.0 Å². The summed E-state index contributed by atoms with van der Waals surface area (Å²) in [6.45, 7) is 10.5. The summed E-state index contributed by atoms with van der Waals surface area (Å²) >= 11 is 3.66. The molecule has 0 aliphatic carbocycles. The minimum Gasteiger partial charge on any atom is -0.458 e. The van der Waals surface area contributed by atoms with Crippen LogP contribution in [0.1, 0.15) is 27.7 Å². The number of piperazine rings is 1. The van der Waals surface area contributed by atoms with Crippen LogP contribution in [0.3, 0.4) is 0 Å². The summed E-state index contributed by atoms with van der Waals surface area (Å²) < 4.78 is 12.3. The molecule has 0 bridgehead atoms. The van der Waals surface area contributed by atoms with E-state index in [0.717, 1.165) is 27.5 Å². The van der Waals surface area contributed by atoms with Crippen molar-refractivity contribution in [1.82, 2.24) is 24.9 Å². The summed E-state index contributed by atoms with van der Waals surface area (Å²) in [4.78, 5) is 30.2. The normalized spacial score (nSPS) is 15.8. The summed E-state index contributed by atoms with van der Waals surface area (Å²) in [7, 11) is 0. The Morgan fingerprint density at radius 3 is 2.54 bits per heavy atom. The second-order valence-electron chi connectivity index (χ2n) is 10.5. The second-order valence-corrected chi connectivity index (χ2v) is 11.4. The Labute approximate surface area is 247 Å². The van der Waals surface area contributed by atoms with Gasteiger partial charge in [-0.3, -0.25) is 5.01 Å². The van der Waals surface area contributed by atoms with Crippen molar-refractivity contribution in [2.24, 2.45) is 5.10 Å². The van der Waals surface area contributed by atoms with E-state index in [4.69, 9.17) is 14.5 Å². The van der Waals surface area contributed by atoms with E-state index < -0.39 is 5.60 Å². The Hall–Kier alpha value is -4.19. The van der Waals surface area contributed by atoms with Crippen LogP contribution in [0, 0.1) is 0 Å². The minimum atomic E-state index is -0.523. The predicted molar refractivity (Wildman–Crippen MR) is 164 cm³/mol. The lowest BCUT2D eigenvalue weighted by molar-refractivity contribution is 0.0240. The molecule has 0 saturated carbocycles.